The van der Waals surface area contributed by atoms with Crippen LogP contribution in [0.3, 0.4) is 0 Å². The Morgan fingerprint density at radius 2 is 2.19 bits per heavy atom. The van der Waals surface area contributed by atoms with E-state index in [0.717, 1.165) is 26.2 Å². The molecule has 0 radical (unpaired) electrons. The lowest BCUT2D eigenvalue weighted by Gasteiger charge is -2.45. The number of hydrogen-bond donors (Lipinski definition) is 2. The largest absolute Gasteiger partial charge is 0.351 e. The number of amides is 1. The second kappa shape index (κ2) is 6.41. The maximum absolute atomic E-state index is 11.9. The average Bonchev–Trinajstić information content (AvgIpc) is 2.43. The molecule has 2 rings (SSSR count). The molecule has 0 atom stereocenters. The van der Waals surface area contributed by atoms with E-state index in [0.29, 0.717) is 6.54 Å². The van der Waals surface area contributed by atoms with Gasteiger partial charge in [-0.1, -0.05) is 0 Å². The molecule has 0 aromatic carbocycles. The first kappa shape index (κ1) is 15.7. The predicted octanol–water partition coefficient (Wildman–Crippen LogP) is 0.131. The van der Waals surface area contributed by atoms with Gasteiger partial charge in [0.05, 0.1) is 0 Å². The van der Waals surface area contributed by atoms with Gasteiger partial charge in [0, 0.05) is 44.5 Å². The van der Waals surface area contributed by atoms with E-state index in [1.807, 2.05) is 0 Å². The van der Waals surface area contributed by atoms with Crippen molar-refractivity contribution in [1.29, 1.82) is 0 Å². The number of aromatic nitrogens is 1. The summed E-state index contributed by atoms with van der Waals surface area (Å²) in [7, 11) is 2.14. The van der Waals surface area contributed by atoms with Crippen molar-refractivity contribution >= 4 is 5.91 Å². The SMILES string of the molecule is CN1CCN(CCNC(=O)c2ccc[nH]c2=O)CC1(C)C. The van der Waals surface area contributed by atoms with Crippen molar-refractivity contribution in [2.24, 2.45) is 0 Å². The lowest BCUT2D eigenvalue weighted by atomic mass is 10.00. The third-order valence-electron chi connectivity index (χ3n) is 4.17. The molecular formula is C15H24N4O2. The van der Waals surface area contributed by atoms with Gasteiger partial charge in [0.2, 0.25) is 0 Å². The smallest absolute Gasteiger partial charge is 0.260 e. The van der Waals surface area contributed by atoms with E-state index < -0.39 is 0 Å². The predicted molar refractivity (Wildman–Crippen MR) is 82.5 cm³/mol. The van der Waals surface area contributed by atoms with Gasteiger partial charge in [-0.2, -0.15) is 0 Å². The van der Waals surface area contributed by atoms with E-state index in [1.54, 1.807) is 6.07 Å². The number of H-pyrrole nitrogens is 1. The summed E-state index contributed by atoms with van der Waals surface area (Å²) < 4.78 is 0. The Bertz CT molecular complexity index is 553. The Balaban J connectivity index is 1.81. The standard InChI is InChI=1S/C15H24N4O2/c1-15(2)11-19(10-9-18(15)3)8-7-17-14(21)12-5-4-6-16-13(12)20/h4-6H,7-11H2,1-3H3,(H,16,20)(H,17,21). The Morgan fingerprint density at radius 1 is 1.43 bits per heavy atom. The number of hydrogen-bond acceptors (Lipinski definition) is 4. The Hall–Kier alpha value is -1.66. The van der Waals surface area contributed by atoms with Gasteiger partial charge in [-0.25, -0.2) is 0 Å². The van der Waals surface area contributed by atoms with Crippen LogP contribution in [0.15, 0.2) is 23.1 Å². The van der Waals surface area contributed by atoms with Crippen molar-refractivity contribution in [1.82, 2.24) is 20.1 Å². The number of rotatable bonds is 4. The first-order valence-electron chi connectivity index (χ1n) is 7.30. The van der Waals surface area contributed by atoms with Crippen molar-refractivity contribution in [3.05, 3.63) is 34.2 Å². The zero-order valence-electron chi connectivity index (χ0n) is 13.0. The quantitative estimate of drug-likeness (QED) is 0.828. The normalized spacial score (nSPS) is 19.4. The van der Waals surface area contributed by atoms with Crippen LogP contribution in [0, 0.1) is 0 Å². The summed E-state index contributed by atoms with van der Waals surface area (Å²) in [5, 5.41) is 2.81. The molecule has 6 nitrogen and oxygen atoms in total. The molecule has 2 heterocycles. The lowest BCUT2D eigenvalue weighted by molar-refractivity contribution is 0.0405. The zero-order valence-corrected chi connectivity index (χ0v) is 13.0. The molecule has 1 aromatic rings. The van der Waals surface area contributed by atoms with Gasteiger partial charge < -0.3 is 10.3 Å². The van der Waals surface area contributed by atoms with Crippen LogP contribution in [-0.4, -0.2) is 66.0 Å². The van der Waals surface area contributed by atoms with Crippen molar-refractivity contribution in [2.75, 3.05) is 39.8 Å². The number of aromatic amines is 1. The molecular weight excluding hydrogens is 268 g/mol. The number of carbonyl (C=O) groups excluding carboxylic acids is 1. The molecule has 21 heavy (non-hydrogen) atoms. The van der Waals surface area contributed by atoms with Gasteiger partial charge in [0.15, 0.2) is 0 Å². The molecule has 116 valence electrons. The van der Waals surface area contributed by atoms with E-state index in [-0.39, 0.29) is 22.6 Å². The molecule has 1 aliphatic rings. The topological polar surface area (TPSA) is 68.4 Å². The number of pyridine rings is 1. The Kier molecular flexibility index (Phi) is 4.80. The minimum absolute atomic E-state index is 0.152. The van der Waals surface area contributed by atoms with Gasteiger partial charge >= 0.3 is 0 Å². The zero-order chi connectivity index (χ0) is 15.5. The van der Waals surface area contributed by atoms with Crippen LogP contribution in [0.25, 0.3) is 0 Å². The molecule has 6 heteroatoms. The van der Waals surface area contributed by atoms with Gasteiger partial charge in [-0.05, 0) is 33.0 Å². The number of nitrogens with one attached hydrogen (secondary N) is 2. The Morgan fingerprint density at radius 3 is 2.86 bits per heavy atom. The van der Waals surface area contributed by atoms with Gasteiger partial charge in [-0.3, -0.25) is 19.4 Å². The number of nitrogens with zero attached hydrogens (tertiary/aromatic N) is 2. The highest BCUT2D eigenvalue weighted by Crippen LogP contribution is 2.18. The fraction of sp³-hybridized carbons (Fsp3) is 0.600. The van der Waals surface area contributed by atoms with E-state index in [9.17, 15) is 9.59 Å². The van der Waals surface area contributed by atoms with Gasteiger partial charge in [0.1, 0.15) is 5.56 Å². The van der Waals surface area contributed by atoms with E-state index in [4.69, 9.17) is 0 Å². The van der Waals surface area contributed by atoms with Crippen LogP contribution in [0.1, 0.15) is 24.2 Å². The molecule has 0 unspecified atom stereocenters. The highest BCUT2D eigenvalue weighted by molar-refractivity contribution is 5.93. The summed E-state index contributed by atoms with van der Waals surface area (Å²) in [5.41, 5.74) is -0.0364. The Labute approximate surface area is 125 Å². The van der Waals surface area contributed by atoms with Crippen LogP contribution in [0.5, 0.6) is 0 Å². The molecule has 2 N–H and O–H groups in total. The summed E-state index contributed by atoms with van der Waals surface area (Å²) >= 11 is 0. The summed E-state index contributed by atoms with van der Waals surface area (Å²) in [5.74, 6) is -0.315. The molecule has 1 saturated heterocycles. The van der Waals surface area contributed by atoms with Crippen molar-refractivity contribution < 1.29 is 4.79 Å². The minimum Gasteiger partial charge on any atom is -0.351 e. The first-order valence-corrected chi connectivity index (χ1v) is 7.30. The highest BCUT2D eigenvalue weighted by atomic mass is 16.2. The molecule has 0 aliphatic carbocycles. The molecule has 0 saturated carbocycles. The van der Waals surface area contributed by atoms with Crippen LogP contribution >= 0.6 is 0 Å². The number of piperazine rings is 1. The van der Waals surface area contributed by atoms with Crippen LogP contribution in [0.4, 0.5) is 0 Å². The summed E-state index contributed by atoms with van der Waals surface area (Å²) in [6, 6.07) is 3.19. The van der Waals surface area contributed by atoms with Crippen molar-refractivity contribution in [3.8, 4) is 0 Å². The summed E-state index contributed by atoms with van der Waals surface area (Å²) in [6.45, 7) is 8.80. The maximum Gasteiger partial charge on any atom is 0.260 e. The van der Waals surface area contributed by atoms with Crippen LogP contribution < -0.4 is 10.9 Å². The second-order valence-corrected chi connectivity index (χ2v) is 6.18. The monoisotopic (exact) mass is 292 g/mol. The molecule has 0 bridgehead atoms. The number of likely N-dealkylation sites (N-methyl/N-ethyl adjacent to an activating group) is 1. The van der Waals surface area contributed by atoms with E-state index in [2.05, 4.69) is 41.0 Å². The lowest BCUT2D eigenvalue weighted by Crippen LogP contribution is -2.58. The maximum atomic E-state index is 11.9. The molecule has 1 aliphatic heterocycles. The van der Waals surface area contributed by atoms with E-state index in [1.165, 1.54) is 12.3 Å². The first-order chi connectivity index (χ1) is 9.90. The third kappa shape index (κ3) is 3.92. The summed E-state index contributed by atoms with van der Waals surface area (Å²) in [6.07, 6.45) is 1.52. The highest BCUT2D eigenvalue weighted by Gasteiger charge is 2.30. The third-order valence-corrected chi connectivity index (χ3v) is 4.17. The average molecular weight is 292 g/mol. The van der Waals surface area contributed by atoms with Crippen molar-refractivity contribution in [3.63, 3.8) is 0 Å². The fourth-order valence-corrected chi connectivity index (χ4v) is 2.56. The minimum atomic E-state index is -0.351. The van der Waals surface area contributed by atoms with E-state index >= 15 is 0 Å². The van der Waals surface area contributed by atoms with Crippen molar-refractivity contribution in [2.45, 2.75) is 19.4 Å². The summed E-state index contributed by atoms with van der Waals surface area (Å²) in [4.78, 5) is 30.6. The van der Waals surface area contributed by atoms with Gasteiger partial charge in [0.25, 0.3) is 11.5 Å². The van der Waals surface area contributed by atoms with Crippen LogP contribution in [0.2, 0.25) is 0 Å². The molecule has 1 amide bonds. The molecule has 1 aromatic heterocycles. The number of carbonyl (C=O) groups is 1. The van der Waals surface area contributed by atoms with Crippen LogP contribution in [-0.2, 0) is 0 Å². The molecule has 1 fully saturated rings. The van der Waals surface area contributed by atoms with Gasteiger partial charge in [-0.15, -0.1) is 0 Å². The molecule has 0 spiro atoms. The fourth-order valence-electron chi connectivity index (χ4n) is 2.56. The second-order valence-electron chi connectivity index (χ2n) is 6.18.